The Morgan fingerprint density at radius 3 is 2.40 bits per heavy atom. The molecule has 0 aliphatic carbocycles. The number of amides is 2. The summed E-state index contributed by atoms with van der Waals surface area (Å²) in [7, 11) is 0. The molecule has 2 rings (SSSR count). The van der Waals surface area contributed by atoms with Crippen LogP contribution in [0.5, 0.6) is 0 Å². The van der Waals surface area contributed by atoms with Crippen molar-refractivity contribution in [3.63, 3.8) is 0 Å². The van der Waals surface area contributed by atoms with E-state index in [0.717, 1.165) is 14.2 Å². The van der Waals surface area contributed by atoms with Crippen LogP contribution in [-0.2, 0) is 4.74 Å². The Labute approximate surface area is 130 Å². The lowest BCUT2D eigenvalue weighted by Crippen LogP contribution is -2.50. The number of hydrogen-bond acceptors (Lipinski definition) is 4. The van der Waals surface area contributed by atoms with Crippen LogP contribution < -0.4 is 0 Å². The summed E-state index contributed by atoms with van der Waals surface area (Å²) in [6.07, 6.45) is -0.297. The van der Waals surface area contributed by atoms with Crippen LogP contribution in [0.2, 0.25) is 0 Å². The molecule has 5 nitrogen and oxygen atoms in total. The van der Waals surface area contributed by atoms with E-state index < -0.39 is 0 Å². The van der Waals surface area contributed by atoms with Gasteiger partial charge in [0.2, 0.25) is 0 Å². The number of halogens is 1. The minimum atomic E-state index is -0.297. The summed E-state index contributed by atoms with van der Waals surface area (Å²) >= 11 is 4.88. The van der Waals surface area contributed by atoms with Gasteiger partial charge in [-0.1, -0.05) is 0 Å². The van der Waals surface area contributed by atoms with Crippen molar-refractivity contribution < 1.29 is 14.3 Å². The Bertz CT molecular complexity index is 490. The maximum absolute atomic E-state index is 12.3. The summed E-state index contributed by atoms with van der Waals surface area (Å²) in [6, 6.07) is 1.90. The molecular formula is C13H17BrN2O3S. The minimum absolute atomic E-state index is 0.0345. The molecule has 2 amide bonds. The van der Waals surface area contributed by atoms with Gasteiger partial charge in [0, 0.05) is 26.2 Å². The minimum Gasteiger partial charge on any atom is -0.450 e. The van der Waals surface area contributed by atoms with Gasteiger partial charge < -0.3 is 14.5 Å². The first kappa shape index (κ1) is 15.3. The van der Waals surface area contributed by atoms with Crippen molar-refractivity contribution in [3.05, 3.63) is 20.3 Å². The molecule has 1 saturated heterocycles. The second kappa shape index (κ2) is 6.58. The van der Waals surface area contributed by atoms with E-state index in [2.05, 4.69) is 15.9 Å². The van der Waals surface area contributed by atoms with Crippen molar-refractivity contribution in [1.29, 1.82) is 0 Å². The Kier molecular flexibility index (Phi) is 5.04. The van der Waals surface area contributed by atoms with Gasteiger partial charge in [-0.3, -0.25) is 4.79 Å². The first-order chi connectivity index (χ1) is 9.52. The molecule has 0 radical (unpaired) electrons. The van der Waals surface area contributed by atoms with Crippen LogP contribution in [0.1, 0.15) is 22.2 Å². The van der Waals surface area contributed by atoms with Gasteiger partial charge in [-0.15, -0.1) is 11.3 Å². The van der Waals surface area contributed by atoms with E-state index in [0.29, 0.717) is 32.8 Å². The first-order valence-corrected chi connectivity index (χ1v) is 8.10. The summed E-state index contributed by atoms with van der Waals surface area (Å²) < 4.78 is 5.95. The molecule has 1 fully saturated rings. The van der Waals surface area contributed by atoms with Crippen molar-refractivity contribution in [3.8, 4) is 0 Å². The number of nitrogens with zero attached hydrogens (tertiary/aromatic N) is 2. The van der Waals surface area contributed by atoms with Crippen LogP contribution in [0.25, 0.3) is 0 Å². The summed E-state index contributed by atoms with van der Waals surface area (Å²) in [4.78, 5) is 28.1. The lowest BCUT2D eigenvalue weighted by molar-refractivity contribution is 0.0574. The third kappa shape index (κ3) is 3.32. The van der Waals surface area contributed by atoms with Gasteiger partial charge in [-0.05, 0) is 41.4 Å². The highest BCUT2D eigenvalue weighted by Crippen LogP contribution is 2.28. The molecule has 0 N–H and O–H groups in total. The fourth-order valence-corrected chi connectivity index (χ4v) is 3.53. The standard InChI is InChI=1S/C13H17BrN2O3S/c1-3-19-13(18)16-6-4-15(5-7-16)12(17)10-8-9(2)11(14)20-10/h8H,3-7H2,1-2H3. The molecule has 1 aliphatic rings. The average Bonchev–Trinajstić information content (AvgIpc) is 2.78. The number of ether oxygens (including phenoxy) is 1. The topological polar surface area (TPSA) is 49.9 Å². The molecule has 2 heterocycles. The van der Waals surface area contributed by atoms with E-state index >= 15 is 0 Å². The SMILES string of the molecule is CCOC(=O)N1CCN(C(=O)c2cc(C)c(Br)s2)CC1. The molecule has 7 heteroatoms. The molecule has 0 bridgehead atoms. The van der Waals surface area contributed by atoms with E-state index in [4.69, 9.17) is 4.74 Å². The second-order valence-electron chi connectivity index (χ2n) is 4.55. The van der Waals surface area contributed by atoms with Crippen LogP contribution in [0.3, 0.4) is 0 Å². The lowest BCUT2D eigenvalue weighted by Gasteiger charge is -2.33. The number of hydrogen-bond donors (Lipinski definition) is 0. The monoisotopic (exact) mass is 360 g/mol. The highest BCUT2D eigenvalue weighted by molar-refractivity contribution is 9.11. The van der Waals surface area contributed by atoms with Gasteiger partial charge in [-0.25, -0.2) is 4.79 Å². The zero-order valence-corrected chi connectivity index (χ0v) is 13.9. The second-order valence-corrected chi connectivity index (χ2v) is 6.92. The Morgan fingerprint density at radius 2 is 1.90 bits per heavy atom. The number of thiophene rings is 1. The van der Waals surface area contributed by atoms with E-state index in [1.54, 1.807) is 16.7 Å². The molecule has 20 heavy (non-hydrogen) atoms. The van der Waals surface area contributed by atoms with Crippen molar-refractivity contribution >= 4 is 39.3 Å². The van der Waals surface area contributed by atoms with E-state index in [-0.39, 0.29) is 12.0 Å². The van der Waals surface area contributed by atoms with Gasteiger partial charge in [0.1, 0.15) is 0 Å². The van der Waals surface area contributed by atoms with Gasteiger partial charge in [-0.2, -0.15) is 0 Å². The molecule has 110 valence electrons. The summed E-state index contributed by atoms with van der Waals surface area (Å²) in [5.74, 6) is 0.0345. The van der Waals surface area contributed by atoms with Crippen LogP contribution in [-0.4, -0.2) is 54.6 Å². The molecule has 1 aromatic rings. The zero-order chi connectivity index (χ0) is 14.7. The maximum Gasteiger partial charge on any atom is 0.409 e. The predicted molar refractivity (Wildman–Crippen MR) is 81.3 cm³/mol. The van der Waals surface area contributed by atoms with Crippen molar-refractivity contribution in [1.82, 2.24) is 9.80 Å². The van der Waals surface area contributed by atoms with E-state index in [9.17, 15) is 9.59 Å². The number of aryl methyl sites for hydroxylation is 1. The number of rotatable bonds is 2. The largest absolute Gasteiger partial charge is 0.450 e. The van der Waals surface area contributed by atoms with E-state index in [1.807, 2.05) is 13.0 Å². The van der Waals surface area contributed by atoms with Crippen LogP contribution >= 0.6 is 27.3 Å². The third-order valence-corrected chi connectivity index (χ3v) is 5.29. The van der Waals surface area contributed by atoms with Gasteiger partial charge in [0.25, 0.3) is 5.91 Å². The summed E-state index contributed by atoms with van der Waals surface area (Å²) in [6.45, 7) is 6.27. The summed E-state index contributed by atoms with van der Waals surface area (Å²) in [5, 5.41) is 0. The fraction of sp³-hybridized carbons (Fsp3) is 0.538. The van der Waals surface area contributed by atoms with Crippen molar-refractivity contribution in [2.75, 3.05) is 32.8 Å². The molecule has 0 atom stereocenters. The highest BCUT2D eigenvalue weighted by Gasteiger charge is 2.26. The Morgan fingerprint density at radius 1 is 1.30 bits per heavy atom. The van der Waals surface area contributed by atoms with E-state index in [1.165, 1.54) is 11.3 Å². The number of piperazine rings is 1. The summed E-state index contributed by atoms with van der Waals surface area (Å²) in [5.41, 5.74) is 1.07. The molecule has 0 aromatic carbocycles. The van der Waals surface area contributed by atoms with Crippen LogP contribution in [0.4, 0.5) is 4.79 Å². The quantitative estimate of drug-likeness (QED) is 0.814. The fourth-order valence-electron chi connectivity index (χ4n) is 2.03. The molecule has 0 spiro atoms. The number of carbonyl (C=O) groups excluding carboxylic acids is 2. The molecule has 1 aliphatic heterocycles. The van der Waals surface area contributed by atoms with Gasteiger partial charge >= 0.3 is 6.09 Å². The Balaban J connectivity index is 1.93. The van der Waals surface area contributed by atoms with Crippen molar-refractivity contribution in [2.45, 2.75) is 13.8 Å². The Hall–Kier alpha value is -1.08. The lowest BCUT2D eigenvalue weighted by atomic mass is 10.3. The average molecular weight is 361 g/mol. The molecule has 0 saturated carbocycles. The molecule has 0 unspecified atom stereocenters. The molecular weight excluding hydrogens is 344 g/mol. The first-order valence-electron chi connectivity index (χ1n) is 6.49. The van der Waals surface area contributed by atoms with Crippen LogP contribution in [0, 0.1) is 6.92 Å². The van der Waals surface area contributed by atoms with Gasteiger partial charge in [0.05, 0.1) is 15.3 Å². The third-order valence-electron chi connectivity index (χ3n) is 3.16. The normalized spacial score (nSPS) is 15.3. The maximum atomic E-state index is 12.3. The van der Waals surface area contributed by atoms with Crippen molar-refractivity contribution in [2.24, 2.45) is 0 Å². The highest BCUT2D eigenvalue weighted by atomic mass is 79.9. The van der Waals surface area contributed by atoms with Crippen LogP contribution in [0.15, 0.2) is 9.85 Å². The zero-order valence-electron chi connectivity index (χ0n) is 11.5. The smallest absolute Gasteiger partial charge is 0.409 e. The number of carbonyl (C=O) groups is 2. The molecule has 1 aromatic heterocycles. The predicted octanol–water partition coefficient (Wildman–Crippen LogP) is 2.73. The van der Waals surface area contributed by atoms with Gasteiger partial charge in [0.15, 0.2) is 0 Å².